The van der Waals surface area contributed by atoms with Gasteiger partial charge in [-0.2, -0.15) is 0 Å². The van der Waals surface area contributed by atoms with E-state index in [2.05, 4.69) is 95.6 Å². The Bertz CT molecular complexity index is 3510. The van der Waals surface area contributed by atoms with Crippen LogP contribution in [0.25, 0.3) is 117 Å². The molecule has 0 saturated heterocycles. The summed E-state index contributed by atoms with van der Waals surface area (Å²) in [6, 6.07) is 59.9. The fraction of sp³-hybridized carbons (Fsp3) is 0. The molecule has 0 aliphatic carbocycles. The zero-order valence-electron chi connectivity index (χ0n) is 30.3. The molecule has 4 aromatic heterocycles. The molecule has 0 N–H and O–H groups in total. The Morgan fingerprint density at radius 1 is 0.386 bits per heavy atom. The van der Waals surface area contributed by atoms with Crippen LogP contribution < -0.4 is 0 Å². The van der Waals surface area contributed by atoms with Crippen LogP contribution in [0.4, 0.5) is 0 Å². The Balaban J connectivity index is 1.04. The lowest BCUT2D eigenvalue weighted by Gasteiger charge is -2.10. The molecule has 0 aliphatic heterocycles. The molecule has 7 nitrogen and oxygen atoms in total. The van der Waals surface area contributed by atoms with Gasteiger partial charge >= 0.3 is 0 Å². The molecule has 12 rings (SSSR count). The van der Waals surface area contributed by atoms with Gasteiger partial charge in [-0.3, -0.25) is 0 Å². The van der Waals surface area contributed by atoms with Crippen molar-refractivity contribution in [1.82, 2.24) is 24.5 Å². The summed E-state index contributed by atoms with van der Waals surface area (Å²) in [5.41, 5.74) is 9.90. The maximum absolute atomic E-state index is 6.59. The van der Waals surface area contributed by atoms with Crippen molar-refractivity contribution in [1.29, 1.82) is 0 Å². The van der Waals surface area contributed by atoms with E-state index < -0.39 is 0 Å². The lowest BCUT2D eigenvalue weighted by molar-refractivity contribution is 0.623. The lowest BCUT2D eigenvalue weighted by Crippen LogP contribution is -2.00. The summed E-state index contributed by atoms with van der Waals surface area (Å²) in [6.07, 6.45) is 0. The monoisotopic (exact) mass is 731 g/mol. The third-order valence-corrected chi connectivity index (χ3v) is 10.9. The van der Waals surface area contributed by atoms with E-state index >= 15 is 0 Å². The summed E-state index contributed by atoms with van der Waals surface area (Å²) >= 11 is 0. The summed E-state index contributed by atoms with van der Waals surface area (Å²) in [5.74, 6) is 2.32. The lowest BCUT2D eigenvalue weighted by atomic mass is 10.0. The minimum atomic E-state index is 0.555. The van der Waals surface area contributed by atoms with Crippen molar-refractivity contribution in [2.75, 3.05) is 0 Å². The Hall–Kier alpha value is -7.90. The minimum absolute atomic E-state index is 0.555. The van der Waals surface area contributed by atoms with Gasteiger partial charge in [0.15, 0.2) is 23.1 Å². The largest absolute Gasteiger partial charge is 0.456 e. The van der Waals surface area contributed by atoms with E-state index in [9.17, 15) is 0 Å². The van der Waals surface area contributed by atoms with Crippen molar-refractivity contribution in [3.8, 4) is 51.3 Å². The highest BCUT2D eigenvalue weighted by Gasteiger charge is 2.20. The molecule has 0 fully saturated rings. The van der Waals surface area contributed by atoms with E-state index in [1.54, 1.807) is 0 Å². The first-order chi connectivity index (χ1) is 28.2. The van der Waals surface area contributed by atoms with Crippen LogP contribution in [0.15, 0.2) is 185 Å². The summed E-state index contributed by atoms with van der Waals surface area (Å²) in [5, 5.41) is 6.34. The second kappa shape index (κ2) is 12.3. The second-order valence-electron chi connectivity index (χ2n) is 14.2. The maximum atomic E-state index is 6.59. The molecule has 0 saturated carbocycles. The van der Waals surface area contributed by atoms with E-state index in [1.807, 2.05) is 84.9 Å². The van der Waals surface area contributed by atoms with Crippen LogP contribution in [-0.2, 0) is 0 Å². The van der Waals surface area contributed by atoms with Crippen LogP contribution in [0.2, 0.25) is 0 Å². The number of nitrogens with zero attached hydrogens (tertiary/aromatic N) is 5. The van der Waals surface area contributed by atoms with E-state index in [1.165, 1.54) is 5.39 Å². The van der Waals surface area contributed by atoms with Gasteiger partial charge in [0.1, 0.15) is 16.7 Å². The van der Waals surface area contributed by atoms with E-state index in [4.69, 9.17) is 28.8 Å². The first-order valence-corrected chi connectivity index (χ1v) is 18.9. The van der Waals surface area contributed by atoms with E-state index in [0.29, 0.717) is 23.4 Å². The number of rotatable bonds is 5. The van der Waals surface area contributed by atoms with Gasteiger partial charge in [0.05, 0.1) is 11.0 Å². The molecule has 0 radical (unpaired) electrons. The van der Waals surface area contributed by atoms with Crippen LogP contribution in [0.5, 0.6) is 0 Å². The summed E-state index contributed by atoms with van der Waals surface area (Å²) in [6.45, 7) is 0. The second-order valence-corrected chi connectivity index (χ2v) is 14.2. The van der Waals surface area contributed by atoms with Gasteiger partial charge in [0, 0.05) is 54.9 Å². The van der Waals surface area contributed by atoms with Gasteiger partial charge in [-0.25, -0.2) is 19.9 Å². The quantitative estimate of drug-likeness (QED) is 0.175. The Kier molecular flexibility index (Phi) is 6.79. The smallest absolute Gasteiger partial charge is 0.227 e. The Labute approximate surface area is 325 Å². The van der Waals surface area contributed by atoms with Crippen LogP contribution in [0, 0.1) is 0 Å². The Morgan fingerprint density at radius 2 is 1.00 bits per heavy atom. The maximum Gasteiger partial charge on any atom is 0.227 e. The fourth-order valence-corrected chi connectivity index (χ4v) is 8.22. The molecule has 8 aromatic carbocycles. The normalized spacial score (nSPS) is 11.9. The number of fused-ring (bicyclic) bond motifs is 10. The van der Waals surface area contributed by atoms with E-state index in [0.717, 1.165) is 88.2 Å². The number of oxazole rings is 1. The molecule has 7 heteroatoms. The topological polar surface area (TPSA) is 82.8 Å². The number of benzene rings is 8. The molecule has 12 aromatic rings. The number of aromatic nitrogens is 5. The zero-order chi connectivity index (χ0) is 37.5. The Morgan fingerprint density at radius 3 is 1.77 bits per heavy atom. The number of hydrogen-bond acceptors (Lipinski definition) is 6. The molecule has 0 aliphatic rings. The van der Waals surface area contributed by atoms with Crippen molar-refractivity contribution < 1.29 is 8.83 Å². The first kappa shape index (κ1) is 31.5. The highest BCUT2D eigenvalue weighted by Crippen LogP contribution is 2.41. The van der Waals surface area contributed by atoms with Crippen LogP contribution in [0.3, 0.4) is 0 Å². The summed E-state index contributed by atoms with van der Waals surface area (Å²) < 4.78 is 15.4. The molecule has 0 spiro atoms. The fourth-order valence-electron chi connectivity index (χ4n) is 8.22. The van der Waals surface area contributed by atoms with Gasteiger partial charge < -0.3 is 13.4 Å². The van der Waals surface area contributed by atoms with Gasteiger partial charge in [-0.1, -0.05) is 115 Å². The molecule has 0 bridgehead atoms. The SMILES string of the molecule is c1ccc(-c2nc(-c3ccc4c(c3)oc3ccc5ccc6nc(-c7ccccc7)oc6c5c34)nc(-c3ccc4c5ccccc5n(-c5ccccc5)c4c3)n2)cc1. The van der Waals surface area contributed by atoms with Gasteiger partial charge in [0.2, 0.25) is 5.89 Å². The highest BCUT2D eigenvalue weighted by molar-refractivity contribution is 6.25. The first-order valence-electron chi connectivity index (χ1n) is 18.9. The third kappa shape index (κ3) is 4.99. The van der Waals surface area contributed by atoms with Crippen molar-refractivity contribution >= 4 is 65.6 Å². The summed E-state index contributed by atoms with van der Waals surface area (Å²) in [4.78, 5) is 20.1. The van der Waals surface area contributed by atoms with Crippen molar-refractivity contribution in [2.45, 2.75) is 0 Å². The van der Waals surface area contributed by atoms with Crippen LogP contribution >= 0.6 is 0 Å². The van der Waals surface area contributed by atoms with Gasteiger partial charge in [-0.15, -0.1) is 0 Å². The number of para-hydroxylation sites is 2. The highest BCUT2D eigenvalue weighted by atomic mass is 16.3. The van der Waals surface area contributed by atoms with Crippen LogP contribution in [-0.4, -0.2) is 24.5 Å². The minimum Gasteiger partial charge on any atom is -0.456 e. The summed E-state index contributed by atoms with van der Waals surface area (Å²) in [7, 11) is 0. The molecule has 0 unspecified atom stereocenters. The average molecular weight is 732 g/mol. The molecule has 0 atom stereocenters. The van der Waals surface area contributed by atoms with E-state index in [-0.39, 0.29) is 0 Å². The number of hydrogen-bond donors (Lipinski definition) is 0. The molecule has 4 heterocycles. The van der Waals surface area contributed by atoms with Crippen molar-refractivity contribution in [3.05, 3.63) is 176 Å². The zero-order valence-corrected chi connectivity index (χ0v) is 30.3. The average Bonchev–Trinajstić information content (AvgIpc) is 3.99. The van der Waals surface area contributed by atoms with Gasteiger partial charge in [-0.05, 0) is 66.0 Å². The predicted molar refractivity (Wildman–Crippen MR) is 228 cm³/mol. The molecule has 266 valence electrons. The molecule has 57 heavy (non-hydrogen) atoms. The third-order valence-electron chi connectivity index (χ3n) is 10.9. The number of furan rings is 1. The van der Waals surface area contributed by atoms with Crippen molar-refractivity contribution in [2.24, 2.45) is 0 Å². The van der Waals surface area contributed by atoms with Crippen LogP contribution in [0.1, 0.15) is 0 Å². The molecular weight excluding hydrogens is 703 g/mol. The standard InChI is InChI=1S/C50H29N5O2/c1-4-12-31(13-5-1)47-52-48(33-20-24-37-36-18-10-11-19-40(36)55(41(37)28-33)35-16-8-3-9-17-35)54-49(53-47)34-21-25-38-43(29-34)56-42-27-23-30-22-26-39-46(44(30)45(38)42)57-50(51-39)32-14-6-2-7-15-32/h1-29H. The predicted octanol–water partition coefficient (Wildman–Crippen LogP) is 12.8. The van der Waals surface area contributed by atoms with Gasteiger partial charge in [0.25, 0.3) is 0 Å². The molecule has 0 amide bonds. The van der Waals surface area contributed by atoms with Crippen molar-refractivity contribution in [3.63, 3.8) is 0 Å². The molecular formula is C50H29N5O2.